The van der Waals surface area contributed by atoms with Gasteiger partial charge < -0.3 is 14.2 Å². The topological polar surface area (TPSA) is 62.0 Å². The first-order valence-corrected chi connectivity index (χ1v) is 12.5. The molecule has 0 saturated carbocycles. The lowest BCUT2D eigenvalue weighted by atomic mass is 9.85. The Balaban J connectivity index is 1.90. The van der Waals surface area contributed by atoms with Crippen LogP contribution in [0, 0.1) is 13.5 Å². The van der Waals surface area contributed by atoms with Gasteiger partial charge in [0.1, 0.15) is 5.75 Å². The number of hydrogen-bond acceptors (Lipinski definition) is 5. The zero-order valence-corrected chi connectivity index (χ0v) is 21.8. The molecule has 0 fully saturated rings. The molecule has 1 atom stereocenters. The molecule has 4 aromatic rings. The lowest BCUT2D eigenvalue weighted by Gasteiger charge is -2.30. The Morgan fingerprint density at radius 1 is 1.19 bits per heavy atom. The maximum Gasteiger partial charge on any atom is 0.339 e. The molecule has 3 aromatic carbocycles. The maximum absolute atomic E-state index is 13.4. The van der Waals surface area contributed by atoms with Crippen molar-refractivity contribution in [2.45, 2.75) is 52.7 Å². The molecule has 0 radical (unpaired) electrons. The highest BCUT2D eigenvalue weighted by atomic mass is 16.6. The average molecular weight is 495 g/mol. The third-order valence-corrected chi connectivity index (χ3v) is 6.57. The summed E-state index contributed by atoms with van der Waals surface area (Å²) in [5.74, 6) is 0.382. The van der Waals surface area contributed by atoms with Gasteiger partial charge >= 0.3 is 5.97 Å². The number of esters is 1. The van der Waals surface area contributed by atoms with E-state index in [1.54, 1.807) is 6.92 Å². The Bertz CT molecular complexity index is 1570. The Morgan fingerprint density at radius 2 is 2.00 bits per heavy atom. The van der Waals surface area contributed by atoms with E-state index >= 15 is 0 Å². The molecule has 0 bridgehead atoms. The predicted molar refractivity (Wildman–Crippen MR) is 145 cm³/mol. The largest absolute Gasteiger partial charge is 0.493 e. The molecule has 0 aliphatic carbocycles. The third kappa shape index (κ3) is 4.52. The highest BCUT2D eigenvalue weighted by molar-refractivity contribution is 6.09. The second-order valence-corrected chi connectivity index (χ2v) is 10.3. The van der Waals surface area contributed by atoms with Crippen molar-refractivity contribution in [2.75, 3.05) is 13.2 Å². The van der Waals surface area contributed by atoms with E-state index in [4.69, 9.17) is 25.8 Å². The van der Waals surface area contributed by atoms with E-state index in [-0.39, 0.29) is 6.61 Å². The summed E-state index contributed by atoms with van der Waals surface area (Å²) >= 11 is 0. The number of hydrogen-bond donors (Lipinski definition) is 0. The molecule has 1 aromatic heterocycles. The van der Waals surface area contributed by atoms with Gasteiger partial charge in [0, 0.05) is 29.1 Å². The van der Waals surface area contributed by atoms with Crippen LogP contribution in [0.3, 0.4) is 0 Å². The Labute approximate surface area is 217 Å². The summed E-state index contributed by atoms with van der Waals surface area (Å²) in [6.07, 6.45) is 1.70. The zero-order valence-electron chi connectivity index (χ0n) is 21.8. The van der Waals surface area contributed by atoms with Crippen LogP contribution in [0.4, 0.5) is 5.69 Å². The van der Waals surface area contributed by atoms with Crippen molar-refractivity contribution in [3.8, 4) is 16.9 Å². The molecule has 0 amide bonds. The van der Waals surface area contributed by atoms with Gasteiger partial charge in [0.05, 0.1) is 30.9 Å². The van der Waals surface area contributed by atoms with Crippen LogP contribution >= 0.6 is 0 Å². The standard InChI is InChI=1S/C31H30N2O4/c1-7-35-30(34)29(37-31(3,4)5)25-18(2)16-20-17-21(32-6)8-9-22(20)27(25)23-10-11-24-26-19(13-15-36-24)12-14-33-28(23)26/h8-12,14,16-17,29H,7,13,15H2,1-5H3/t29-/m0/s1. The van der Waals surface area contributed by atoms with Crippen LogP contribution < -0.4 is 4.74 Å². The summed E-state index contributed by atoms with van der Waals surface area (Å²) in [6, 6.07) is 13.7. The number of aromatic nitrogens is 1. The van der Waals surface area contributed by atoms with Gasteiger partial charge in [-0.2, -0.15) is 0 Å². The van der Waals surface area contributed by atoms with E-state index in [1.807, 2.05) is 76.4 Å². The van der Waals surface area contributed by atoms with E-state index < -0.39 is 17.7 Å². The summed E-state index contributed by atoms with van der Waals surface area (Å²) in [6.45, 7) is 17.9. The van der Waals surface area contributed by atoms with Crippen LogP contribution in [0.1, 0.15) is 50.5 Å². The molecule has 1 aliphatic rings. The van der Waals surface area contributed by atoms with Gasteiger partial charge in [-0.05, 0) is 86.3 Å². The Morgan fingerprint density at radius 3 is 2.73 bits per heavy atom. The number of rotatable bonds is 5. The number of benzene rings is 3. The molecule has 5 rings (SSSR count). The van der Waals surface area contributed by atoms with Crippen molar-refractivity contribution in [1.29, 1.82) is 0 Å². The Hall–Kier alpha value is -3.95. The fourth-order valence-electron chi connectivity index (χ4n) is 5.15. The van der Waals surface area contributed by atoms with Gasteiger partial charge in [0.25, 0.3) is 0 Å². The molecule has 37 heavy (non-hydrogen) atoms. The SMILES string of the molecule is [C-]#[N+]c1ccc2c(-c3ccc4c5c(ccnc35)CCO4)c([C@H](OC(C)(C)C)C(=O)OCC)c(C)cc2c1. The van der Waals surface area contributed by atoms with Gasteiger partial charge in [-0.25, -0.2) is 9.64 Å². The van der Waals surface area contributed by atoms with Crippen LogP contribution in [0.15, 0.2) is 48.7 Å². The van der Waals surface area contributed by atoms with Crippen LogP contribution in [0.2, 0.25) is 0 Å². The van der Waals surface area contributed by atoms with Crippen molar-refractivity contribution in [1.82, 2.24) is 4.98 Å². The van der Waals surface area contributed by atoms with Gasteiger partial charge in [-0.15, -0.1) is 0 Å². The minimum absolute atomic E-state index is 0.249. The van der Waals surface area contributed by atoms with Crippen molar-refractivity contribution in [3.05, 3.63) is 76.8 Å². The summed E-state index contributed by atoms with van der Waals surface area (Å²) in [4.78, 5) is 21.8. The molecule has 0 unspecified atom stereocenters. The van der Waals surface area contributed by atoms with Gasteiger partial charge in [0.15, 0.2) is 11.8 Å². The van der Waals surface area contributed by atoms with E-state index in [2.05, 4.69) is 4.85 Å². The fraction of sp³-hybridized carbons (Fsp3) is 0.323. The minimum atomic E-state index is -0.943. The summed E-state index contributed by atoms with van der Waals surface area (Å²) in [7, 11) is 0. The number of carbonyl (C=O) groups is 1. The first kappa shape index (κ1) is 24.7. The molecule has 188 valence electrons. The second kappa shape index (κ2) is 9.49. The van der Waals surface area contributed by atoms with Crippen molar-refractivity contribution >= 4 is 33.3 Å². The van der Waals surface area contributed by atoms with Crippen molar-refractivity contribution < 1.29 is 19.0 Å². The molecule has 6 heteroatoms. The number of carbonyl (C=O) groups excluding carboxylic acids is 1. The predicted octanol–water partition coefficient (Wildman–Crippen LogP) is 7.27. The number of pyridine rings is 1. The molecule has 2 heterocycles. The lowest BCUT2D eigenvalue weighted by molar-refractivity contribution is -0.166. The number of aryl methyl sites for hydroxylation is 1. The Kier molecular flexibility index (Phi) is 6.35. The summed E-state index contributed by atoms with van der Waals surface area (Å²) in [5.41, 5.74) is 5.33. The molecular formula is C31H30N2O4. The van der Waals surface area contributed by atoms with Crippen LogP contribution in [-0.4, -0.2) is 29.8 Å². The summed E-state index contributed by atoms with van der Waals surface area (Å²) in [5, 5.41) is 2.83. The minimum Gasteiger partial charge on any atom is -0.493 e. The normalized spacial score (nSPS) is 13.7. The number of fused-ring (bicyclic) bond motifs is 1. The maximum atomic E-state index is 13.4. The quantitative estimate of drug-likeness (QED) is 0.216. The highest BCUT2D eigenvalue weighted by Crippen LogP contribution is 2.45. The van der Waals surface area contributed by atoms with Crippen LogP contribution in [0.5, 0.6) is 5.75 Å². The zero-order chi connectivity index (χ0) is 26.3. The van der Waals surface area contributed by atoms with E-state index in [0.717, 1.165) is 56.1 Å². The molecule has 6 nitrogen and oxygen atoms in total. The van der Waals surface area contributed by atoms with E-state index in [0.29, 0.717) is 12.3 Å². The van der Waals surface area contributed by atoms with Crippen LogP contribution in [-0.2, 0) is 20.7 Å². The average Bonchev–Trinajstić information content (AvgIpc) is 2.87. The first-order chi connectivity index (χ1) is 17.7. The molecule has 0 saturated heterocycles. The number of nitrogens with zero attached hydrogens (tertiary/aromatic N) is 2. The molecule has 1 aliphatic heterocycles. The summed E-state index contributed by atoms with van der Waals surface area (Å²) < 4.78 is 17.9. The third-order valence-electron chi connectivity index (χ3n) is 6.57. The van der Waals surface area contributed by atoms with Gasteiger partial charge in [0.2, 0.25) is 0 Å². The second-order valence-electron chi connectivity index (χ2n) is 10.3. The lowest BCUT2D eigenvalue weighted by Crippen LogP contribution is -2.29. The first-order valence-electron chi connectivity index (χ1n) is 12.5. The monoisotopic (exact) mass is 494 g/mol. The van der Waals surface area contributed by atoms with Gasteiger partial charge in [-0.1, -0.05) is 18.2 Å². The van der Waals surface area contributed by atoms with E-state index in [1.165, 1.54) is 5.56 Å². The molecular weight excluding hydrogens is 464 g/mol. The number of ether oxygens (including phenoxy) is 3. The van der Waals surface area contributed by atoms with Crippen molar-refractivity contribution in [2.24, 2.45) is 0 Å². The van der Waals surface area contributed by atoms with Crippen LogP contribution in [0.25, 0.3) is 37.6 Å². The smallest absolute Gasteiger partial charge is 0.339 e. The van der Waals surface area contributed by atoms with Gasteiger partial charge in [-0.3, -0.25) is 4.98 Å². The van der Waals surface area contributed by atoms with Crippen molar-refractivity contribution in [3.63, 3.8) is 0 Å². The highest BCUT2D eigenvalue weighted by Gasteiger charge is 2.33. The fourth-order valence-corrected chi connectivity index (χ4v) is 5.15. The molecule has 0 N–H and O–H groups in total. The molecule has 0 spiro atoms. The van der Waals surface area contributed by atoms with E-state index in [9.17, 15) is 4.79 Å².